The predicted octanol–water partition coefficient (Wildman–Crippen LogP) is 1.35. The van der Waals surface area contributed by atoms with Gasteiger partial charge in [-0.05, 0) is 11.6 Å². The summed E-state index contributed by atoms with van der Waals surface area (Å²) in [5.41, 5.74) is 2.23. The number of nitrogens with zero attached hydrogens (tertiary/aromatic N) is 3. The Hall–Kier alpha value is -1.98. The first-order valence-electron chi connectivity index (χ1n) is 4.85. The van der Waals surface area contributed by atoms with E-state index in [0.29, 0.717) is 11.1 Å². The van der Waals surface area contributed by atoms with E-state index in [-0.39, 0.29) is 10.9 Å². The Bertz CT molecular complexity index is 674. The summed E-state index contributed by atoms with van der Waals surface area (Å²) >= 11 is 1.09. The minimum atomic E-state index is -3.58. The Kier molecular flexibility index (Phi) is 3.55. The summed E-state index contributed by atoms with van der Waals surface area (Å²) in [6, 6.07) is 8.53. The van der Waals surface area contributed by atoms with Crippen LogP contribution in [0, 0.1) is 11.3 Å². The summed E-state index contributed by atoms with van der Waals surface area (Å²) in [6.07, 6.45) is 0. The Morgan fingerprint density at radius 1 is 1.39 bits per heavy atom. The van der Waals surface area contributed by atoms with Crippen LogP contribution in [0.5, 0.6) is 0 Å². The number of hydrogen-bond donors (Lipinski definition) is 1. The van der Waals surface area contributed by atoms with Crippen LogP contribution in [0.15, 0.2) is 29.8 Å². The van der Waals surface area contributed by atoms with Gasteiger partial charge in [0.05, 0.1) is 17.4 Å². The molecule has 0 aliphatic rings. The van der Waals surface area contributed by atoms with Gasteiger partial charge in [-0.2, -0.15) is 5.26 Å². The van der Waals surface area contributed by atoms with Crippen LogP contribution in [-0.2, 0) is 15.8 Å². The van der Waals surface area contributed by atoms with Gasteiger partial charge >= 0.3 is 0 Å². The van der Waals surface area contributed by atoms with Gasteiger partial charge in [0.1, 0.15) is 5.51 Å². The van der Waals surface area contributed by atoms with E-state index in [0.717, 1.165) is 11.3 Å². The molecule has 2 aromatic rings. The highest BCUT2D eigenvalue weighted by atomic mass is 32.2. The molecule has 0 fully saturated rings. The molecule has 1 aromatic heterocycles. The quantitative estimate of drug-likeness (QED) is 0.912. The third kappa shape index (κ3) is 3.03. The van der Waals surface area contributed by atoms with Gasteiger partial charge in [0.15, 0.2) is 0 Å². The van der Waals surface area contributed by atoms with E-state index < -0.39 is 10.0 Å². The lowest BCUT2D eigenvalue weighted by Gasteiger charge is -2.05. The number of anilines is 1. The molecule has 0 bridgehead atoms. The molecule has 0 atom stereocenters. The summed E-state index contributed by atoms with van der Waals surface area (Å²) < 4.78 is 26.0. The van der Waals surface area contributed by atoms with Crippen molar-refractivity contribution in [3.8, 4) is 6.07 Å². The van der Waals surface area contributed by atoms with E-state index in [9.17, 15) is 8.42 Å². The summed E-state index contributed by atoms with van der Waals surface area (Å²) in [6.45, 7) is 0. The smallest absolute Gasteiger partial charge is 0.238 e. The average Bonchev–Trinajstić information content (AvgIpc) is 2.81. The molecule has 0 aliphatic heterocycles. The number of hydrogen-bond acceptors (Lipinski definition) is 6. The van der Waals surface area contributed by atoms with Crippen molar-refractivity contribution in [1.82, 2.24) is 10.2 Å². The molecule has 8 heteroatoms. The average molecular weight is 280 g/mol. The first-order chi connectivity index (χ1) is 8.61. The molecule has 1 aromatic carbocycles. The van der Waals surface area contributed by atoms with E-state index in [1.54, 1.807) is 24.3 Å². The van der Waals surface area contributed by atoms with Gasteiger partial charge < -0.3 is 0 Å². The first-order valence-corrected chi connectivity index (χ1v) is 7.38. The van der Waals surface area contributed by atoms with Gasteiger partial charge in [-0.1, -0.05) is 29.5 Å². The van der Waals surface area contributed by atoms with Crippen LogP contribution in [0.1, 0.15) is 11.1 Å². The van der Waals surface area contributed by atoms with Crippen molar-refractivity contribution >= 4 is 26.5 Å². The second-order valence-electron chi connectivity index (χ2n) is 3.37. The van der Waals surface area contributed by atoms with Gasteiger partial charge in [-0.3, -0.25) is 4.72 Å². The SMILES string of the molecule is N#Cc1ccccc1CS(=O)(=O)Nc1nncs1. The van der Waals surface area contributed by atoms with Crippen molar-refractivity contribution in [2.75, 3.05) is 4.72 Å². The van der Waals surface area contributed by atoms with Crippen LogP contribution in [-0.4, -0.2) is 18.6 Å². The highest BCUT2D eigenvalue weighted by Gasteiger charge is 2.15. The molecule has 92 valence electrons. The van der Waals surface area contributed by atoms with Gasteiger partial charge in [0.2, 0.25) is 15.2 Å². The van der Waals surface area contributed by atoms with Crippen molar-refractivity contribution in [3.05, 3.63) is 40.9 Å². The molecule has 1 N–H and O–H groups in total. The fourth-order valence-electron chi connectivity index (χ4n) is 1.35. The summed E-state index contributed by atoms with van der Waals surface area (Å²) in [7, 11) is -3.58. The molecular weight excluding hydrogens is 272 g/mol. The summed E-state index contributed by atoms with van der Waals surface area (Å²) in [5, 5.41) is 16.2. The minimum Gasteiger partial charge on any atom is -0.257 e. The monoisotopic (exact) mass is 280 g/mol. The van der Waals surface area contributed by atoms with Crippen molar-refractivity contribution in [2.24, 2.45) is 0 Å². The number of rotatable bonds is 4. The van der Waals surface area contributed by atoms with E-state index >= 15 is 0 Å². The molecule has 0 saturated heterocycles. The normalized spacial score (nSPS) is 10.8. The molecule has 0 saturated carbocycles. The molecule has 0 radical (unpaired) electrons. The van der Waals surface area contributed by atoms with Crippen LogP contribution in [0.4, 0.5) is 5.13 Å². The Labute approximate surface area is 108 Å². The van der Waals surface area contributed by atoms with E-state index in [2.05, 4.69) is 14.9 Å². The fourth-order valence-corrected chi connectivity index (χ4v) is 3.25. The van der Waals surface area contributed by atoms with Gasteiger partial charge in [-0.15, -0.1) is 10.2 Å². The molecule has 0 spiro atoms. The van der Waals surface area contributed by atoms with E-state index in [1.807, 2.05) is 6.07 Å². The van der Waals surface area contributed by atoms with Crippen molar-refractivity contribution in [1.29, 1.82) is 5.26 Å². The van der Waals surface area contributed by atoms with Crippen molar-refractivity contribution in [2.45, 2.75) is 5.75 Å². The molecular formula is C10H8N4O2S2. The molecule has 0 unspecified atom stereocenters. The topological polar surface area (TPSA) is 95.7 Å². The van der Waals surface area contributed by atoms with Crippen molar-refractivity contribution < 1.29 is 8.42 Å². The molecule has 2 rings (SSSR count). The zero-order valence-electron chi connectivity index (χ0n) is 9.07. The first kappa shape index (κ1) is 12.5. The third-order valence-electron chi connectivity index (χ3n) is 2.09. The van der Waals surface area contributed by atoms with Crippen LogP contribution in [0.3, 0.4) is 0 Å². The van der Waals surface area contributed by atoms with E-state index in [1.165, 1.54) is 5.51 Å². The third-order valence-corrected chi connectivity index (χ3v) is 4.02. The summed E-state index contributed by atoms with van der Waals surface area (Å²) in [5.74, 6) is -0.268. The van der Waals surface area contributed by atoms with Gasteiger partial charge in [0.25, 0.3) is 0 Å². The maximum atomic E-state index is 11.9. The molecule has 6 nitrogen and oxygen atoms in total. The fraction of sp³-hybridized carbons (Fsp3) is 0.100. The van der Waals surface area contributed by atoms with Crippen LogP contribution < -0.4 is 4.72 Å². The molecule has 1 heterocycles. The number of benzene rings is 1. The number of sulfonamides is 1. The Morgan fingerprint density at radius 3 is 2.83 bits per heavy atom. The van der Waals surface area contributed by atoms with Crippen molar-refractivity contribution in [3.63, 3.8) is 0 Å². The lowest BCUT2D eigenvalue weighted by atomic mass is 10.1. The number of nitriles is 1. The zero-order chi connectivity index (χ0) is 13.0. The second kappa shape index (κ2) is 5.12. The minimum absolute atomic E-state index is 0.212. The van der Waals surface area contributed by atoms with Gasteiger partial charge in [-0.25, -0.2) is 8.42 Å². The molecule has 0 aliphatic carbocycles. The lowest BCUT2D eigenvalue weighted by molar-refractivity contribution is 0.600. The van der Waals surface area contributed by atoms with E-state index in [4.69, 9.17) is 5.26 Å². The predicted molar refractivity (Wildman–Crippen MR) is 67.3 cm³/mol. The standard InChI is InChI=1S/C10H8N4O2S2/c11-5-8-3-1-2-4-9(8)6-18(15,16)14-10-13-12-7-17-10/h1-4,7H,6H2,(H,13,14). The Balaban J connectivity index is 2.21. The van der Waals surface area contributed by atoms with Crippen LogP contribution in [0.2, 0.25) is 0 Å². The maximum absolute atomic E-state index is 11.9. The molecule has 0 amide bonds. The zero-order valence-corrected chi connectivity index (χ0v) is 10.7. The number of aromatic nitrogens is 2. The highest BCUT2D eigenvalue weighted by molar-refractivity contribution is 7.92. The second-order valence-corrected chi connectivity index (χ2v) is 5.93. The maximum Gasteiger partial charge on any atom is 0.238 e. The lowest BCUT2D eigenvalue weighted by Crippen LogP contribution is -2.15. The van der Waals surface area contributed by atoms with Crippen LogP contribution >= 0.6 is 11.3 Å². The largest absolute Gasteiger partial charge is 0.257 e. The van der Waals surface area contributed by atoms with Crippen LogP contribution in [0.25, 0.3) is 0 Å². The summed E-state index contributed by atoms with van der Waals surface area (Å²) in [4.78, 5) is 0. The van der Waals surface area contributed by atoms with Gasteiger partial charge in [0, 0.05) is 0 Å². The Morgan fingerprint density at radius 2 is 2.17 bits per heavy atom. The molecule has 18 heavy (non-hydrogen) atoms. The highest BCUT2D eigenvalue weighted by Crippen LogP contribution is 2.15. The number of nitrogens with one attached hydrogen (secondary N) is 1.